The third-order valence-corrected chi connectivity index (χ3v) is 5.85. The van der Waals surface area contributed by atoms with E-state index in [2.05, 4.69) is 22.1 Å². The zero-order valence-corrected chi connectivity index (χ0v) is 16.1. The van der Waals surface area contributed by atoms with Crippen LogP contribution in [0.1, 0.15) is 21.5 Å². The van der Waals surface area contributed by atoms with Crippen molar-refractivity contribution in [2.75, 3.05) is 18.4 Å². The van der Waals surface area contributed by atoms with E-state index in [0.29, 0.717) is 25.2 Å². The molecule has 2 N–H and O–H groups in total. The second-order valence-corrected chi connectivity index (χ2v) is 7.59. The standard InChI is InChI=1S/C22H21N5O2/c1-3-19(28)26-11-15(12-26)27-10-14-5-4-6-18(20(14)22(27)29)24-21-13(2)7-8-17-16(21)9-23-25-17/h3-9,15,24H,1,10-12H2,2H3,(H,23,25). The molecule has 3 heterocycles. The number of rotatable bonds is 4. The van der Waals surface area contributed by atoms with Crippen LogP contribution in [0.2, 0.25) is 0 Å². The molecule has 2 aliphatic rings. The molecule has 7 nitrogen and oxygen atoms in total. The van der Waals surface area contributed by atoms with Crippen LogP contribution in [0.25, 0.3) is 10.9 Å². The minimum Gasteiger partial charge on any atom is -0.354 e. The summed E-state index contributed by atoms with van der Waals surface area (Å²) in [6, 6.07) is 9.97. The second-order valence-electron chi connectivity index (χ2n) is 7.59. The van der Waals surface area contributed by atoms with E-state index in [-0.39, 0.29) is 17.9 Å². The van der Waals surface area contributed by atoms with Gasteiger partial charge in [-0.2, -0.15) is 5.10 Å². The molecule has 0 unspecified atom stereocenters. The third-order valence-electron chi connectivity index (χ3n) is 5.85. The lowest BCUT2D eigenvalue weighted by molar-refractivity contribution is -0.132. The molecule has 0 saturated carbocycles. The lowest BCUT2D eigenvalue weighted by atomic mass is 10.1. The van der Waals surface area contributed by atoms with Crippen LogP contribution in [0.5, 0.6) is 0 Å². The van der Waals surface area contributed by atoms with Crippen molar-refractivity contribution < 1.29 is 9.59 Å². The number of H-pyrrole nitrogens is 1. The van der Waals surface area contributed by atoms with Crippen molar-refractivity contribution in [2.24, 2.45) is 0 Å². The maximum Gasteiger partial charge on any atom is 0.256 e. The van der Waals surface area contributed by atoms with E-state index in [1.807, 2.05) is 42.2 Å². The molecule has 146 valence electrons. The number of amides is 2. The van der Waals surface area contributed by atoms with E-state index in [0.717, 1.165) is 33.4 Å². The normalized spacial score (nSPS) is 16.1. The number of carbonyl (C=O) groups is 2. The smallest absolute Gasteiger partial charge is 0.256 e. The van der Waals surface area contributed by atoms with Gasteiger partial charge >= 0.3 is 0 Å². The number of likely N-dealkylation sites (tertiary alicyclic amines) is 1. The number of aryl methyl sites for hydroxylation is 1. The van der Waals surface area contributed by atoms with Gasteiger partial charge in [-0.15, -0.1) is 0 Å². The zero-order chi connectivity index (χ0) is 20.1. The molecular formula is C22H21N5O2. The highest BCUT2D eigenvalue weighted by Crippen LogP contribution is 2.36. The van der Waals surface area contributed by atoms with E-state index in [1.165, 1.54) is 6.08 Å². The van der Waals surface area contributed by atoms with Gasteiger partial charge in [-0.3, -0.25) is 14.7 Å². The maximum atomic E-state index is 13.2. The van der Waals surface area contributed by atoms with E-state index in [1.54, 1.807) is 11.1 Å². The van der Waals surface area contributed by atoms with Gasteiger partial charge in [-0.1, -0.05) is 24.8 Å². The van der Waals surface area contributed by atoms with Crippen molar-refractivity contribution in [1.29, 1.82) is 0 Å². The van der Waals surface area contributed by atoms with Crippen molar-refractivity contribution in [1.82, 2.24) is 20.0 Å². The summed E-state index contributed by atoms with van der Waals surface area (Å²) in [5.41, 5.74) is 5.48. The Labute approximate surface area is 168 Å². The van der Waals surface area contributed by atoms with Gasteiger partial charge in [0.25, 0.3) is 5.91 Å². The van der Waals surface area contributed by atoms with Crippen LogP contribution in [0.4, 0.5) is 11.4 Å². The Morgan fingerprint density at radius 1 is 1.31 bits per heavy atom. The van der Waals surface area contributed by atoms with Crippen LogP contribution in [0, 0.1) is 6.92 Å². The molecule has 0 radical (unpaired) electrons. The molecule has 5 rings (SSSR count). The first kappa shape index (κ1) is 17.5. The van der Waals surface area contributed by atoms with Gasteiger partial charge in [-0.25, -0.2) is 0 Å². The Bertz CT molecular complexity index is 1160. The summed E-state index contributed by atoms with van der Waals surface area (Å²) in [5, 5.41) is 11.6. The van der Waals surface area contributed by atoms with Crippen LogP contribution in [0.3, 0.4) is 0 Å². The summed E-state index contributed by atoms with van der Waals surface area (Å²) in [6.07, 6.45) is 3.11. The molecule has 0 spiro atoms. The monoisotopic (exact) mass is 387 g/mol. The predicted molar refractivity (Wildman–Crippen MR) is 111 cm³/mol. The zero-order valence-electron chi connectivity index (χ0n) is 16.1. The molecular weight excluding hydrogens is 366 g/mol. The Morgan fingerprint density at radius 3 is 2.93 bits per heavy atom. The van der Waals surface area contributed by atoms with Crippen LogP contribution in [0.15, 0.2) is 49.2 Å². The molecule has 2 amide bonds. The first-order chi connectivity index (χ1) is 14.1. The van der Waals surface area contributed by atoms with Gasteiger partial charge in [-0.05, 0) is 36.3 Å². The van der Waals surface area contributed by atoms with Crippen molar-refractivity contribution in [2.45, 2.75) is 19.5 Å². The molecule has 1 saturated heterocycles. The molecule has 0 atom stereocenters. The van der Waals surface area contributed by atoms with Crippen LogP contribution in [-0.2, 0) is 11.3 Å². The Morgan fingerprint density at radius 2 is 2.14 bits per heavy atom. The lowest BCUT2D eigenvalue weighted by Crippen LogP contribution is -2.60. The molecule has 0 aliphatic carbocycles. The predicted octanol–water partition coefficient (Wildman–Crippen LogP) is 2.97. The van der Waals surface area contributed by atoms with Crippen molar-refractivity contribution >= 4 is 34.1 Å². The largest absolute Gasteiger partial charge is 0.354 e. The van der Waals surface area contributed by atoms with Gasteiger partial charge in [0, 0.05) is 25.0 Å². The molecule has 3 aromatic rings. The van der Waals surface area contributed by atoms with Crippen LogP contribution >= 0.6 is 0 Å². The topological polar surface area (TPSA) is 81.3 Å². The Balaban J connectivity index is 1.44. The van der Waals surface area contributed by atoms with E-state index in [9.17, 15) is 9.59 Å². The van der Waals surface area contributed by atoms with E-state index >= 15 is 0 Å². The number of hydrogen-bond acceptors (Lipinski definition) is 4. The number of nitrogens with one attached hydrogen (secondary N) is 2. The fourth-order valence-corrected chi connectivity index (χ4v) is 4.17. The number of aromatic nitrogens is 2. The highest BCUT2D eigenvalue weighted by atomic mass is 16.2. The quantitative estimate of drug-likeness (QED) is 0.675. The Hall–Kier alpha value is -3.61. The Kier molecular flexibility index (Phi) is 3.91. The summed E-state index contributed by atoms with van der Waals surface area (Å²) in [4.78, 5) is 28.5. The molecule has 0 bridgehead atoms. The number of carbonyl (C=O) groups excluding carboxylic acids is 2. The summed E-state index contributed by atoms with van der Waals surface area (Å²) < 4.78 is 0. The molecule has 2 aliphatic heterocycles. The fraction of sp³-hybridized carbons (Fsp3) is 0.227. The van der Waals surface area contributed by atoms with Crippen molar-refractivity contribution in [3.05, 3.63) is 65.9 Å². The van der Waals surface area contributed by atoms with Gasteiger partial charge in [0.2, 0.25) is 5.91 Å². The van der Waals surface area contributed by atoms with Crippen molar-refractivity contribution in [3.63, 3.8) is 0 Å². The molecule has 2 aromatic carbocycles. The average Bonchev–Trinajstić information content (AvgIpc) is 3.28. The molecule has 29 heavy (non-hydrogen) atoms. The van der Waals surface area contributed by atoms with Crippen molar-refractivity contribution in [3.8, 4) is 0 Å². The summed E-state index contributed by atoms with van der Waals surface area (Å²) in [7, 11) is 0. The maximum absolute atomic E-state index is 13.2. The minimum absolute atomic E-state index is 0.0100. The number of benzene rings is 2. The number of fused-ring (bicyclic) bond motifs is 2. The number of anilines is 2. The van der Waals surface area contributed by atoms with Crippen LogP contribution < -0.4 is 5.32 Å². The fourth-order valence-electron chi connectivity index (χ4n) is 4.17. The van der Waals surface area contributed by atoms with Gasteiger partial charge in [0.15, 0.2) is 0 Å². The first-order valence-corrected chi connectivity index (χ1v) is 9.60. The highest BCUT2D eigenvalue weighted by Gasteiger charge is 2.41. The third kappa shape index (κ3) is 2.69. The summed E-state index contributed by atoms with van der Waals surface area (Å²) in [6.45, 7) is 7.24. The average molecular weight is 387 g/mol. The van der Waals surface area contributed by atoms with Gasteiger partial charge in [0.05, 0.1) is 34.7 Å². The van der Waals surface area contributed by atoms with E-state index < -0.39 is 0 Å². The molecule has 7 heteroatoms. The number of nitrogens with zero attached hydrogens (tertiary/aromatic N) is 3. The highest BCUT2D eigenvalue weighted by molar-refractivity contribution is 6.06. The summed E-state index contributed by atoms with van der Waals surface area (Å²) in [5.74, 6) is -0.0766. The minimum atomic E-state index is -0.0866. The first-order valence-electron chi connectivity index (χ1n) is 9.60. The molecule has 1 fully saturated rings. The van der Waals surface area contributed by atoms with Gasteiger partial charge in [0.1, 0.15) is 0 Å². The number of aromatic amines is 1. The lowest BCUT2D eigenvalue weighted by Gasteiger charge is -2.43. The summed E-state index contributed by atoms with van der Waals surface area (Å²) >= 11 is 0. The second kappa shape index (κ2) is 6.48. The van der Waals surface area contributed by atoms with E-state index in [4.69, 9.17) is 0 Å². The SMILES string of the molecule is C=CC(=O)N1CC(N2Cc3cccc(Nc4c(C)ccc5[nH]ncc45)c3C2=O)C1. The molecule has 1 aromatic heterocycles. The number of hydrogen-bond donors (Lipinski definition) is 2. The van der Waals surface area contributed by atoms with Gasteiger partial charge < -0.3 is 15.1 Å². The van der Waals surface area contributed by atoms with Crippen LogP contribution in [-0.4, -0.2) is 50.9 Å².